The zero-order chi connectivity index (χ0) is 42.5. The molecule has 8 heteroatoms. The fourth-order valence-corrected chi connectivity index (χ4v) is 7.26. The highest BCUT2D eigenvalue weighted by Crippen LogP contribution is 2.32. The molecule has 324 valence electrons. The Balaban J connectivity index is -0.000000269. The van der Waals surface area contributed by atoms with Crippen LogP contribution in [0.2, 0.25) is 0 Å². The fraction of sp³-hybridized carbons (Fsp3) is 0.913. The molecule has 4 rings (SSSR count). The van der Waals surface area contributed by atoms with Crippen molar-refractivity contribution in [3.8, 4) is 0 Å². The van der Waals surface area contributed by atoms with Crippen molar-refractivity contribution in [2.75, 3.05) is 13.2 Å². The first-order valence-electron chi connectivity index (χ1n) is 21.9. The first kappa shape index (κ1) is 58.6. The maximum Gasteiger partial charge on any atom is 0.302 e. The molecule has 0 spiro atoms. The summed E-state index contributed by atoms with van der Waals surface area (Å²) in [5, 5.41) is 14.8. The van der Waals surface area contributed by atoms with Crippen molar-refractivity contribution in [1.29, 1.82) is 0 Å². The molecule has 2 N–H and O–H groups in total. The molecule has 0 bridgehead atoms. The Hall–Kier alpha value is -2.12. The Morgan fingerprint density at radius 1 is 0.407 bits per heavy atom. The van der Waals surface area contributed by atoms with Crippen LogP contribution in [-0.4, -0.2) is 47.3 Å². The standard InChI is InChI=1S/2C9H18.2C8H16.2C4H8O2.2C2H4O2/c2*1-8(2)9-6-4-3-5-7-9;2*1-7(2)8-5-3-4-6-8;2*1-3-6-4(2)5;2*1-2(3)4/h2*8-9H,3-7H2,1-2H3;2*7-8H,3-6H2,1-2H3;2*3H2,1-2H3;2*1H3,(H,3,4). The first-order chi connectivity index (χ1) is 25.2. The summed E-state index contributed by atoms with van der Waals surface area (Å²) in [5.41, 5.74) is 0. The van der Waals surface area contributed by atoms with Crippen molar-refractivity contribution < 1.29 is 38.9 Å². The number of aliphatic carboxylic acids is 2. The molecular formula is C46H92O8. The predicted molar refractivity (Wildman–Crippen MR) is 228 cm³/mol. The highest BCUT2D eigenvalue weighted by atomic mass is 16.5. The third kappa shape index (κ3) is 47.9. The zero-order valence-electron chi connectivity index (χ0n) is 38.1. The second kappa shape index (κ2) is 40.5. The SMILES string of the molecule is CC(=O)O.CC(=O)O.CC(C)C1CCCC1.CC(C)C1CCCC1.CC(C)C1CCCCC1.CC(C)C1CCCCC1.CCOC(C)=O.CCOC(C)=O. The van der Waals surface area contributed by atoms with Crippen LogP contribution >= 0.6 is 0 Å². The lowest BCUT2D eigenvalue weighted by Crippen LogP contribution is -2.12. The molecule has 4 aliphatic rings. The second-order valence-corrected chi connectivity index (χ2v) is 16.7. The molecule has 0 heterocycles. The van der Waals surface area contributed by atoms with Crippen LogP contribution < -0.4 is 0 Å². The van der Waals surface area contributed by atoms with Gasteiger partial charge in [0, 0.05) is 27.7 Å². The summed E-state index contributed by atoms with van der Waals surface area (Å²) in [4.78, 5) is 37.6. The van der Waals surface area contributed by atoms with Crippen molar-refractivity contribution >= 4 is 23.9 Å². The molecule has 4 aliphatic carbocycles. The molecule has 0 atom stereocenters. The number of hydrogen-bond acceptors (Lipinski definition) is 6. The van der Waals surface area contributed by atoms with Gasteiger partial charge in [0.15, 0.2) is 0 Å². The molecule has 0 unspecified atom stereocenters. The summed E-state index contributed by atoms with van der Waals surface area (Å²) in [6.07, 6.45) is 26.9. The molecule has 0 saturated heterocycles. The Morgan fingerprint density at radius 3 is 0.630 bits per heavy atom. The number of esters is 2. The Kier molecular flexibility index (Phi) is 44.0. The van der Waals surface area contributed by atoms with E-state index in [1.165, 1.54) is 129 Å². The average molecular weight is 773 g/mol. The summed E-state index contributed by atoms with van der Waals surface area (Å²) in [7, 11) is 0. The smallest absolute Gasteiger partial charge is 0.302 e. The van der Waals surface area contributed by atoms with Crippen LogP contribution in [0.3, 0.4) is 0 Å². The number of carbonyl (C=O) groups excluding carboxylic acids is 2. The molecule has 4 saturated carbocycles. The van der Waals surface area contributed by atoms with E-state index in [9.17, 15) is 9.59 Å². The van der Waals surface area contributed by atoms with E-state index in [1.54, 1.807) is 13.8 Å². The van der Waals surface area contributed by atoms with Crippen molar-refractivity contribution in [2.45, 2.75) is 213 Å². The summed E-state index contributed by atoms with van der Waals surface area (Å²) in [6.45, 7) is 28.3. The fourth-order valence-electron chi connectivity index (χ4n) is 7.26. The third-order valence-corrected chi connectivity index (χ3v) is 10.6. The van der Waals surface area contributed by atoms with Crippen molar-refractivity contribution in [2.24, 2.45) is 47.3 Å². The summed E-state index contributed by atoms with van der Waals surface area (Å²) in [6, 6.07) is 0. The van der Waals surface area contributed by atoms with Crippen LogP contribution in [0.15, 0.2) is 0 Å². The molecule has 0 aliphatic heterocycles. The molecule has 0 aromatic rings. The maximum absolute atomic E-state index is 9.82. The normalized spacial score (nSPS) is 17.1. The van der Waals surface area contributed by atoms with Gasteiger partial charge in [0.05, 0.1) is 13.2 Å². The predicted octanol–water partition coefficient (Wildman–Crippen LogP) is 13.4. The van der Waals surface area contributed by atoms with Crippen LogP contribution in [0.25, 0.3) is 0 Å². The Morgan fingerprint density at radius 2 is 0.556 bits per heavy atom. The van der Waals surface area contributed by atoms with Crippen LogP contribution in [0.4, 0.5) is 0 Å². The van der Waals surface area contributed by atoms with Crippen LogP contribution in [0.5, 0.6) is 0 Å². The van der Waals surface area contributed by atoms with Gasteiger partial charge in [-0.2, -0.15) is 0 Å². The van der Waals surface area contributed by atoms with E-state index in [1.807, 2.05) is 0 Å². The van der Waals surface area contributed by atoms with Gasteiger partial charge < -0.3 is 19.7 Å². The van der Waals surface area contributed by atoms with E-state index < -0.39 is 11.9 Å². The number of ether oxygens (including phenoxy) is 2. The van der Waals surface area contributed by atoms with Gasteiger partial charge in [-0.1, -0.05) is 171 Å². The van der Waals surface area contributed by atoms with Crippen molar-refractivity contribution in [3.63, 3.8) is 0 Å². The molecule has 4 fully saturated rings. The molecule has 8 nitrogen and oxygen atoms in total. The third-order valence-electron chi connectivity index (χ3n) is 10.6. The van der Waals surface area contributed by atoms with Gasteiger partial charge >= 0.3 is 11.9 Å². The number of carboxylic acid groups (broad SMARTS) is 2. The molecule has 0 aromatic carbocycles. The summed E-state index contributed by atoms with van der Waals surface area (Å²) >= 11 is 0. The van der Waals surface area contributed by atoms with Crippen molar-refractivity contribution in [3.05, 3.63) is 0 Å². The lowest BCUT2D eigenvalue weighted by Gasteiger charge is -2.24. The van der Waals surface area contributed by atoms with E-state index in [2.05, 4.69) is 64.9 Å². The van der Waals surface area contributed by atoms with E-state index in [4.69, 9.17) is 19.8 Å². The van der Waals surface area contributed by atoms with Crippen LogP contribution in [0.1, 0.15) is 213 Å². The van der Waals surface area contributed by atoms with E-state index in [0.717, 1.165) is 61.2 Å². The minimum absolute atomic E-state index is 0.211. The maximum atomic E-state index is 9.82. The van der Waals surface area contributed by atoms with Gasteiger partial charge in [-0.05, 0) is 61.2 Å². The number of carbonyl (C=O) groups is 4. The molecule has 0 radical (unpaired) electrons. The zero-order valence-corrected chi connectivity index (χ0v) is 38.1. The second-order valence-electron chi connectivity index (χ2n) is 16.7. The lowest BCUT2D eigenvalue weighted by molar-refractivity contribution is -0.141. The first-order valence-corrected chi connectivity index (χ1v) is 21.9. The average Bonchev–Trinajstić information content (AvgIpc) is 3.83. The Bertz CT molecular complexity index is 765. The van der Waals surface area contributed by atoms with Crippen LogP contribution in [-0.2, 0) is 28.7 Å². The van der Waals surface area contributed by atoms with Gasteiger partial charge in [0.25, 0.3) is 11.9 Å². The highest BCUT2D eigenvalue weighted by molar-refractivity contribution is 5.66. The highest BCUT2D eigenvalue weighted by Gasteiger charge is 2.19. The minimum Gasteiger partial charge on any atom is -0.481 e. The number of hydrogen-bond donors (Lipinski definition) is 2. The number of rotatable bonds is 6. The van der Waals surface area contributed by atoms with E-state index in [-0.39, 0.29) is 11.9 Å². The molecule has 0 aromatic heterocycles. The van der Waals surface area contributed by atoms with E-state index >= 15 is 0 Å². The van der Waals surface area contributed by atoms with Gasteiger partial charge in [-0.15, -0.1) is 0 Å². The van der Waals surface area contributed by atoms with Crippen LogP contribution in [0, 0.1) is 47.3 Å². The monoisotopic (exact) mass is 773 g/mol. The van der Waals surface area contributed by atoms with E-state index in [0.29, 0.717) is 13.2 Å². The van der Waals surface area contributed by atoms with Gasteiger partial charge in [-0.3, -0.25) is 19.2 Å². The van der Waals surface area contributed by atoms with Gasteiger partial charge in [-0.25, -0.2) is 0 Å². The topological polar surface area (TPSA) is 127 Å². The summed E-state index contributed by atoms with van der Waals surface area (Å²) < 4.78 is 8.81. The quantitative estimate of drug-likeness (QED) is 0.255. The van der Waals surface area contributed by atoms with Crippen molar-refractivity contribution in [1.82, 2.24) is 0 Å². The van der Waals surface area contributed by atoms with Gasteiger partial charge in [0.1, 0.15) is 0 Å². The minimum atomic E-state index is -0.833. The lowest BCUT2D eigenvalue weighted by atomic mass is 9.82. The summed E-state index contributed by atoms with van der Waals surface area (Å²) in [5.74, 6) is 5.91. The Labute approximate surface area is 335 Å². The molecule has 0 amide bonds. The van der Waals surface area contributed by atoms with Gasteiger partial charge in [0.2, 0.25) is 0 Å². The molecular weight excluding hydrogens is 680 g/mol. The number of carboxylic acids is 2. The largest absolute Gasteiger partial charge is 0.481 e. The molecule has 54 heavy (non-hydrogen) atoms.